The molecule has 0 nitrogen and oxygen atoms in total. The first kappa shape index (κ1) is 43.1. The SMILES string of the molecule is ClCCCCCCCCCCCCCCCCCCCCCCCCCCCCCCCCCCCCCC[SiH](Cl)Cl. The lowest BCUT2D eigenvalue weighted by Gasteiger charge is -2.05. The molecule has 0 heterocycles. The van der Waals surface area contributed by atoms with Gasteiger partial charge in [0.05, 0.1) is 0 Å². The lowest BCUT2D eigenvalue weighted by Crippen LogP contribution is -1.91. The van der Waals surface area contributed by atoms with Crippen LogP contribution in [-0.2, 0) is 0 Å². The molecule has 0 aliphatic carbocycles. The van der Waals surface area contributed by atoms with Gasteiger partial charge in [-0.15, -0.1) is 11.6 Å². The van der Waals surface area contributed by atoms with Crippen molar-refractivity contribution in [3.05, 3.63) is 0 Å². The molecule has 0 aromatic carbocycles. The molecule has 254 valence electrons. The molecular formula is C38H77Cl3Si. The van der Waals surface area contributed by atoms with Crippen LogP contribution < -0.4 is 0 Å². The standard InChI is InChI=1S/C38H77Cl3Si/c39-37-35-33-31-29-27-25-23-21-19-17-15-13-11-9-7-5-3-1-2-4-6-8-10-12-14-16-18-20-22-24-26-28-30-32-34-36-38-42(40)41/h42H,1-38H2. The molecule has 42 heavy (non-hydrogen) atoms. The smallest absolute Gasteiger partial charge is 0.150 e. The highest BCUT2D eigenvalue weighted by Gasteiger charge is 2.01. The van der Waals surface area contributed by atoms with Gasteiger partial charge in [-0.2, -0.15) is 22.2 Å². The molecule has 0 saturated heterocycles. The fraction of sp³-hybridized carbons (Fsp3) is 1.00. The van der Waals surface area contributed by atoms with E-state index in [9.17, 15) is 0 Å². The highest BCUT2D eigenvalue weighted by Crippen LogP contribution is 2.18. The maximum absolute atomic E-state index is 5.91. The second kappa shape index (κ2) is 40.1. The van der Waals surface area contributed by atoms with E-state index in [2.05, 4.69) is 0 Å². The zero-order valence-electron chi connectivity index (χ0n) is 28.6. The first-order chi connectivity index (χ1) is 20.8. The number of hydrogen-bond donors (Lipinski definition) is 0. The fourth-order valence-corrected chi connectivity index (χ4v) is 8.12. The molecule has 0 atom stereocenters. The van der Waals surface area contributed by atoms with Crippen molar-refractivity contribution in [2.24, 2.45) is 0 Å². The van der Waals surface area contributed by atoms with Gasteiger partial charge < -0.3 is 0 Å². The van der Waals surface area contributed by atoms with E-state index in [1.54, 1.807) is 0 Å². The lowest BCUT2D eigenvalue weighted by molar-refractivity contribution is 0.510. The van der Waals surface area contributed by atoms with Gasteiger partial charge in [-0.05, 0) is 12.5 Å². The first-order valence-electron chi connectivity index (χ1n) is 19.6. The summed E-state index contributed by atoms with van der Waals surface area (Å²) in [5, 5.41) is 0. The minimum atomic E-state index is -1.34. The molecule has 0 aliphatic rings. The molecule has 0 aromatic heterocycles. The second-order valence-electron chi connectivity index (χ2n) is 13.6. The Hall–Kier alpha value is 1.09. The Morgan fingerprint density at radius 3 is 0.500 bits per heavy atom. The molecular weight excluding hydrogens is 591 g/mol. The van der Waals surface area contributed by atoms with Crippen LogP contribution >= 0.6 is 33.8 Å². The van der Waals surface area contributed by atoms with E-state index in [0.29, 0.717) is 0 Å². The first-order valence-corrected chi connectivity index (χ1v) is 24.5. The monoisotopic (exact) mass is 666 g/mol. The summed E-state index contributed by atoms with van der Waals surface area (Å²) in [5.41, 5.74) is 0. The van der Waals surface area contributed by atoms with Crippen molar-refractivity contribution in [1.82, 2.24) is 0 Å². The maximum Gasteiger partial charge on any atom is 0.237 e. The minimum absolute atomic E-state index is 0.844. The molecule has 0 N–H and O–H groups in total. The Labute approximate surface area is 283 Å². The van der Waals surface area contributed by atoms with Crippen LogP contribution in [-0.4, -0.2) is 13.3 Å². The summed E-state index contributed by atoms with van der Waals surface area (Å²) in [6, 6.07) is 1.10. The van der Waals surface area contributed by atoms with Crippen LogP contribution in [0.5, 0.6) is 0 Å². The van der Waals surface area contributed by atoms with Crippen LogP contribution in [0, 0.1) is 0 Å². The van der Waals surface area contributed by atoms with Crippen LogP contribution in [0.1, 0.15) is 231 Å². The minimum Gasteiger partial charge on any atom is -0.150 e. The second-order valence-corrected chi connectivity index (χ2v) is 19.2. The molecule has 4 heteroatoms. The summed E-state index contributed by atoms with van der Waals surface area (Å²) < 4.78 is 0. The van der Waals surface area contributed by atoms with Crippen LogP contribution in [0.25, 0.3) is 0 Å². The fourth-order valence-electron chi connectivity index (χ4n) is 6.40. The summed E-state index contributed by atoms with van der Waals surface area (Å²) in [7, 11) is -1.34. The number of halogens is 3. The van der Waals surface area contributed by atoms with Gasteiger partial charge in [0.25, 0.3) is 0 Å². The molecule has 0 aliphatic heterocycles. The van der Waals surface area contributed by atoms with E-state index < -0.39 is 7.42 Å². The van der Waals surface area contributed by atoms with E-state index in [0.717, 1.165) is 11.9 Å². The van der Waals surface area contributed by atoms with Gasteiger partial charge in [-0.25, -0.2) is 0 Å². The van der Waals surface area contributed by atoms with Gasteiger partial charge >= 0.3 is 0 Å². The zero-order chi connectivity index (χ0) is 30.4. The highest BCUT2D eigenvalue weighted by molar-refractivity contribution is 7.33. The molecule has 0 unspecified atom stereocenters. The van der Waals surface area contributed by atoms with Gasteiger partial charge in [0.15, 0.2) is 0 Å². The number of unbranched alkanes of at least 4 members (excludes halogenated alkanes) is 35. The summed E-state index contributed by atoms with van der Waals surface area (Å²) in [4.78, 5) is 0. The number of alkyl halides is 1. The predicted molar refractivity (Wildman–Crippen MR) is 201 cm³/mol. The van der Waals surface area contributed by atoms with Crippen molar-refractivity contribution in [3.63, 3.8) is 0 Å². The molecule has 0 spiro atoms. The average molecular weight is 668 g/mol. The summed E-state index contributed by atoms with van der Waals surface area (Å²) in [6.07, 6.45) is 52.0. The Morgan fingerprint density at radius 2 is 0.357 bits per heavy atom. The van der Waals surface area contributed by atoms with Gasteiger partial charge in [0, 0.05) is 5.88 Å². The van der Waals surface area contributed by atoms with E-state index in [1.807, 2.05) is 0 Å². The van der Waals surface area contributed by atoms with Crippen LogP contribution in [0.4, 0.5) is 0 Å². The third-order valence-corrected chi connectivity index (χ3v) is 11.7. The zero-order valence-corrected chi connectivity index (χ0v) is 32.0. The topological polar surface area (TPSA) is 0 Å². The molecule has 0 rings (SSSR count). The van der Waals surface area contributed by atoms with Crippen molar-refractivity contribution in [2.75, 3.05) is 5.88 Å². The van der Waals surface area contributed by atoms with Crippen molar-refractivity contribution in [1.29, 1.82) is 0 Å². The van der Waals surface area contributed by atoms with Crippen LogP contribution in [0.3, 0.4) is 0 Å². The molecule has 0 aromatic rings. The summed E-state index contributed by atoms with van der Waals surface area (Å²) >= 11 is 17.6. The Bertz CT molecular complexity index is 460. The normalized spacial score (nSPS) is 11.7. The van der Waals surface area contributed by atoms with E-state index in [4.69, 9.17) is 33.8 Å². The molecule has 0 fully saturated rings. The quantitative estimate of drug-likeness (QED) is 0.0266. The lowest BCUT2D eigenvalue weighted by atomic mass is 10.0. The Kier molecular flexibility index (Phi) is 41.1. The molecule has 0 amide bonds. The molecule has 0 radical (unpaired) electrons. The van der Waals surface area contributed by atoms with E-state index in [1.165, 1.54) is 231 Å². The van der Waals surface area contributed by atoms with Crippen molar-refractivity contribution < 1.29 is 0 Å². The van der Waals surface area contributed by atoms with Crippen molar-refractivity contribution >= 4 is 41.2 Å². The third-order valence-electron chi connectivity index (χ3n) is 9.31. The van der Waals surface area contributed by atoms with E-state index >= 15 is 0 Å². The van der Waals surface area contributed by atoms with Gasteiger partial charge in [0.2, 0.25) is 7.42 Å². The summed E-state index contributed by atoms with van der Waals surface area (Å²) in [5.74, 6) is 0.844. The Morgan fingerprint density at radius 1 is 0.214 bits per heavy atom. The number of rotatable bonds is 38. The van der Waals surface area contributed by atoms with Crippen molar-refractivity contribution in [3.8, 4) is 0 Å². The van der Waals surface area contributed by atoms with Gasteiger partial charge in [-0.1, -0.05) is 225 Å². The summed E-state index contributed by atoms with van der Waals surface area (Å²) in [6.45, 7) is 0. The van der Waals surface area contributed by atoms with Gasteiger partial charge in [0.1, 0.15) is 0 Å². The Balaban J connectivity index is 3.03. The van der Waals surface area contributed by atoms with Crippen LogP contribution in [0.2, 0.25) is 6.04 Å². The average Bonchev–Trinajstić information content (AvgIpc) is 2.98. The molecule has 0 saturated carbocycles. The molecule has 0 bridgehead atoms. The van der Waals surface area contributed by atoms with Crippen LogP contribution in [0.15, 0.2) is 0 Å². The van der Waals surface area contributed by atoms with Gasteiger partial charge in [-0.3, -0.25) is 0 Å². The largest absolute Gasteiger partial charge is 0.237 e. The number of hydrogen-bond acceptors (Lipinski definition) is 0. The third kappa shape index (κ3) is 41.1. The van der Waals surface area contributed by atoms with Crippen molar-refractivity contribution in [2.45, 2.75) is 237 Å². The highest BCUT2D eigenvalue weighted by atomic mass is 35.7. The predicted octanol–water partition coefficient (Wildman–Crippen LogP) is 16.0. The van der Waals surface area contributed by atoms with E-state index in [-0.39, 0.29) is 0 Å². The maximum atomic E-state index is 5.91.